The molecular formula is C23H28N2O4. The molecule has 0 bridgehead atoms. The molecule has 6 nitrogen and oxygen atoms in total. The maximum atomic E-state index is 12.4. The minimum absolute atomic E-state index is 0.00590. The second-order valence-corrected chi connectivity index (χ2v) is 7.05. The van der Waals surface area contributed by atoms with Crippen LogP contribution in [0, 0.1) is 0 Å². The lowest BCUT2D eigenvalue weighted by Gasteiger charge is -2.34. The number of amides is 1. The van der Waals surface area contributed by atoms with E-state index in [0.29, 0.717) is 31.0 Å². The standard InChI is InChI=1S/C23H28N2O4/c1-28-21-11-5-6-12-22(21)29-18-23(27)25-16-14-24(15-17-25)13-7-10-20(26)19-8-3-2-4-9-19/h2-6,8-9,11-12H,7,10,13-18H2,1H3. The first-order valence-corrected chi connectivity index (χ1v) is 10.0. The van der Waals surface area contributed by atoms with Crippen molar-refractivity contribution in [3.63, 3.8) is 0 Å². The molecule has 0 radical (unpaired) electrons. The van der Waals surface area contributed by atoms with Gasteiger partial charge in [0, 0.05) is 38.2 Å². The summed E-state index contributed by atoms with van der Waals surface area (Å²) < 4.78 is 10.9. The van der Waals surface area contributed by atoms with Crippen molar-refractivity contribution in [1.29, 1.82) is 0 Å². The lowest BCUT2D eigenvalue weighted by atomic mass is 10.1. The van der Waals surface area contributed by atoms with Crippen molar-refractivity contribution in [1.82, 2.24) is 9.80 Å². The third kappa shape index (κ3) is 6.06. The van der Waals surface area contributed by atoms with Crippen molar-refractivity contribution in [2.45, 2.75) is 12.8 Å². The summed E-state index contributed by atoms with van der Waals surface area (Å²) >= 11 is 0. The number of carbonyl (C=O) groups is 2. The van der Waals surface area contributed by atoms with Gasteiger partial charge in [-0.3, -0.25) is 14.5 Å². The first-order chi connectivity index (χ1) is 14.2. The number of ketones is 1. The maximum Gasteiger partial charge on any atom is 0.260 e. The van der Waals surface area contributed by atoms with Gasteiger partial charge in [0.25, 0.3) is 5.91 Å². The zero-order valence-electron chi connectivity index (χ0n) is 16.9. The van der Waals surface area contributed by atoms with E-state index in [4.69, 9.17) is 9.47 Å². The quantitative estimate of drug-likeness (QED) is 0.610. The molecule has 1 amide bonds. The highest BCUT2D eigenvalue weighted by atomic mass is 16.5. The number of methoxy groups -OCH3 is 1. The van der Waals surface area contributed by atoms with Crippen LogP contribution in [-0.2, 0) is 4.79 Å². The van der Waals surface area contributed by atoms with Crippen molar-refractivity contribution < 1.29 is 19.1 Å². The number of nitrogens with zero attached hydrogens (tertiary/aromatic N) is 2. The van der Waals surface area contributed by atoms with Crippen molar-refractivity contribution in [3.8, 4) is 11.5 Å². The Labute approximate surface area is 172 Å². The van der Waals surface area contributed by atoms with Crippen molar-refractivity contribution in [3.05, 3.63) is 60.2 Å². The van der Waals surface area contributed by atoms with Crippen LogP contribution >= 0.6 is 0 Å². The summed E-state index contributed by atoms with van der Waals surface area (Å²) in [5, 5.41) is 0. The molecule has 1 aliphatic heterocycles. The Balaban J connectivity index is 1.35. The van der Waals surface area contributed by atoms with Gasteiger partial charge < -0.3 is 14.4 Å². The van der Waals surface area contributed by atoms with Gasteiger partial charge in [-0.25, -0.2) is 0 Å². The summed E-state index contributed by atoms with van der Waals surface area (Å²) in [6, 6.07) is 16.7. The summed E-state index contributed by atoms with van der Waals surface area (Å²) in [4.78, 5) is 28.7. The van der Waals surface area contributed by atoms with Crippen LogP contribution in [0.3, 0.4) is 0 Å². The number of para-hydroxylation sites is 2. The van der Waals surface area contributed by atoms with E-state index >= 15 is 0 Å². The topological polar surface area (TPSA) is 59.1 Å². The average molecular weight is 396 g/mol. The molecule has 154 valence electrons. The fourth-order valence-electron chi connectivity index (χ4n) is 3.42. The molecule has 29 heavy (non-hydrogen) atoms. The van der Waals surface area contributed by atoms with Crippen LogP contribution in [-0.4, -0.2) is 67.9 Å². The van der Waals surface area contributed by atoms with Crippen LogP contribution < -0.4 is 9.47 Å². The number of rotatable bonds is 9. The highest BCUT2D eigenvalue weighted by molar-refractivity contribution is 5.95. The van der Waals surface area contributed by atoms with Crippen LogP contribution in [0.15, 0.2) is 54.6 Å². The average Bonchev–Trinajstić information content (AvgIpc) is 2.78. The van der Waals surface area contributed by atoms with E-state index in [1.54, 1.807) is 19.2 Å². The van der Waals surface area contributed by atoms with E-state index in [1.807, 2.05) is 47.4 Å². The normalized spacial score (nSPS) is 14.4. The number of hydrogen-bond donors (Lipinski definition) is 0. The third-order valence-corrected chi connectivity index (χ3v) is 5.12. The molecule has 0 spiro atoms. The predicted molar refractivity (Wildman–Crippen MR) is 112 cm³/mol. The van der Waals surface area contributed by atoms with Crippen LogP contribution in [0.25, 0.3) is 0 Å². The van der Waals surface area contributed by atoms with Gasteiger partial charge >= 0.3 is 0 Å². The van der Waals surface area contributed by atoms with E-state index in [1.165, 1.54) is 0 Å². The second-order valence-electron chi connectivity index (χ2n) is 7.05. The van der Waals surface area contributed by atoms with Gasteiger partial charge in [-0.05, 0) is 25.1 Å². The summed E-state index contributed by atoms with van der Waals surface area (Å²) in [5.74, 6) is 1.36. The van der Waals surface area contributed by atoms with Gasteiger partial charge in [-0.15, -0.1) is 0 Å². The van der Waals surface area contributed by atoms with Crippen molar-refractivity contribution >= 4 is 11.7 Å². The molecular weight excluding hydrogens is 368 g/mol. The number of benzene rings is 2. The largest absolute Gasteiger partial charge is 0.493 e. The summed E-state index contributed by atoms with van der Waals surface area (Å²) in [6.45, 7) is 3.88. The Hall–Kier alpha value is -2.86. The van der Waals surface area contributed by atoms with Crippen LogP contribution in [0.4, 0.5) is 0 Å². The molecule has 0 saturated carbocycles. The molecule has 3 rings (SSSR count). The minimum atomic E-state index is -0.0187. The zero-order chi connectivity index (χ0) is 20.5. The Kier molecular flexibility index (Phi) is 7.64. The SMILES string of the molecule is COc1ccccc1OCC(=O)N1CCN(CCCC(=O)c2ccccc2)CC1. The van der Waals surface area contributed by atoms with Gasteiger partial charge in [0.05, 0.1) is 7.11 Å². The zero-order valence-corrected chi connectivity index (χ0v) is 16.9. The van der Waals surface area contributed by atoms with Crippen molar-refractivity contribution in [2.75, 3.05) is 46.4 Å². The number of carbonyl (C=O) groups excluding carboxylic acids is 2. The van der Waals surface area contributed by atoms with Gasteiger partial charge in [-0.1, -0.05) is 42.5 Å². The molecule has 0 unspecified atom stereocenters. The monoisotopic (exact) mass is 396 g/mol. The summed E-state index contributed by atoms with van der Waals surface area (Å²) in [5.41, 5.74) is 0.776. The third-order valence-electron chi connectivity index (χ3n) is 5.12. The van der Waals surface area contributed by atoms with Gasteiger partial charge in [0.1, 0.15) is 0 Å². The molecule has 1 saturated heterocycles. The Morgan fingerprint density at radius 1 is 0.897 bits per heavy atom. The molecule has 0 N–H and O–H groups in total. The molecule has 0 aliphatic carbocycles. The van der Waals surface area contributed by atoms with Crippen LogP contribution in [0.2, 0.25) is 0 Å². The van der Waals surface area contributed by atoms with Crippen LogP contribution in [0.5, 0.6) is 11.5 Å². The smallest absolute Gasteiger partial charge is 0.260 e. The Morgan fingerprint density at radius 3 is 2.24 bits per heavy atom. The van der Waals surface area contributed by atoms with Crippen molar-refractivity contribution in [2.24, 2.45) is 0 Å². The fourth-order valence-corrected chi connectivity index (χ4v) is 3.42. The first kappa shape index (κ1) is 20.9. The molecule has 2 aromatic carbocycles. The van der Waals surface area contributed by atoms with E-state index in [0.717, 1.165) is 31.6 Å². The number of ether oxygens (including phenoxy) is 2. The highest BCUT2D eigenvalue weighted by Gasteiger charge is 2.21. The molecule has 1 aliphatic rings. The molecule has 2 aromatic rings. The molecule has 0 atom stereocenters. The summed E-state index contributed by atoms with van der Waals surface area (Å²) in [6.07, 6.45) is 1.38. The molecule has 1 fully saturated rings. The maximum absolute atomic E-state index is 12.4. The van der Waals surface area contributed by atoms with Gasteiger partial charge in [0.2, 0.25) is 0 Å². The number of Topliss-reactive ketones (excluding diaryl/α,β-unsaturated/α-hetero) is 1. The summed E-state index contributed by atoms with van der Waals surface area (Å²) in [7, 11) is 1.58. The highest BCUT2D eigenvalue weighted by Crippen LogP contribution is 2.25. The van der Waals surface area contributed by atoms with E-state index in [2.05, 4.69) is 4.90 Å². The molecule has 1 heterocycles. The fraction of sp³-hybridized carbons (Fsp3) is 0.391. The minimum Gasteiger partial charge on any atom is -0.493 e. The first-order valence-electron chi connectivity index (χ1n) is 10.0. The Morgan fingerprint density at radius 2 is 1.55 bits per heavy atom. The number of piperazine rings is 1. The van der Waals surface area contributed by atoms with E-state index < -0.39 is 0 Å². The number of hydrogen-bond acceptors (Lipinski definition) is 5. The van der Waals surface area contributed by atoms with Gasteiger partial charge in [-0.2, -0.15) is 0 Å². The molecule has 0 aromatic heterocycles. The Bertz CT molecular complexity index is 802. The predicted octanol–water partition coefficient (Wildman–Crippen LogP) is 2.88. The lowest BCUT2D eigenvalue weighted by molar-refractivity contribution is -0.135. The van der Waals surface area contributed by atoms with E-state index in [-0.39, 0.29) is 18.3 Å². The lowest BCUT2D eigenvalue weighted by Crippen LogP contribution is -2.50. The molecule has 6 heteroatoms. The second kappa shape index (κ2) is 10.6. The van der Waals surface area contributed by atoms with Crippen LogP contribution in [0.1, 0.15) is 23.2 Å². The van der Waals surface area contributed by atoms with E-state index in [9.17, 15) is 9.59 Å². The van der Waals surface area contributed by atoms with Gasteiger partial charge in [0.15, 0.2) is 23.9 Å².